The molecule has 13 heavy (non-hydrogen) atoms. The summed E-state index contributed by atoms with van der Waals surface area (Å²) in [7, 11) is 2.00. The van der Waals surface area contributed by atoms with Gasteiger partial charge in [-0.2, -0.15) is 0 Å². The van der Waals surface area contributed by atoms with Crippen LogP contribution in [-0.2, 0) is 0 Å². The Morgan fingerprint density at radius 3 is 0.538 bits per heavy atom. The Kier molecular flexibility index (Phi) is 396. The number of hydrogen-bond donors (Lipinski definition) is 5. The molecule has 0 aliphatic carbocycles. The van der Waals surface area contributed by atoms with Crippen LogP contribution < -0.4 is 0 Å². The van der Waals surface area contributed by atoms with Crippen LogP contribution in [0.15, 0.2) is 0 Å². The smallest absolute Gasteiger partial charge is 0.0402 e. The van der Waals surface area contributed by atoms with E-state index in [0.29, 0.717) is 0 Å². The van der Waals surface area contributed by atoms with Gasteiger partial charge in [-0.05, 0) is 20.8 Å². The number of hydrogen-bond acceptors (Lipinski definition) is 5. The first kappa shape index (κ1) is 29.3. The summed E-state index contributed by atoms with van der Waals surface area (Å²) in [5.41, 5.74) is 0. The van der Waals surface area contributed by atoms with E-state index in [4.69, 9.17) is 25.5 Å². The van der Waals surface area contributed by atoms with E-state index in [0.717, 1.165) is 14.2 Å². The summed E-state index contributed by atoms with van der Waals surface area (Å²) in [4.78, 5) is 0. The largest absolute Gasteiger partial charge is 0.400 e. The minimum atomic E-state index is 0.250. The van der Waals surface area contributed by atoms with Crippen molar-refractivity contribution in [3.63, 3.8) is 0 Å². The van der Waals surface area contributed by atoms with Crippen LogP contribution >= 0.6 is 0 Å². The van der Waals surface area contributed by atoms with Crippen LogP contribution in [0.5, 0.6) is 0 Å². The van der Waals surface area contributed by atoms with Crippen molar-refractivity contribution < 1.29 is 25.5 Å². The number of rotatable bonds is 0. The molecule has 0 aromatic rings. The number of aliphatic hydroxyl groups is 5. The second kappa shape index (κ2) is 176. The standard InChI is InChI=1S/3C2H6O.2CH4O/c3*1-2-3;2*1-2/h3*3H,2H2,1H3;2*2H,1H3. The Bertz CT molecular complexity index is 17.3. The molecule has 0 atom stereocenters. The van der Waals surface area contributed by atoms with Gasteiger partial charge in [0.1, 0.15) is 0 Å². The predicted octanol–water partition coefficient (Wildman–Crippen LogP) is -0.787. The maximum atomic E-state index is 7.57. The van der Waals surface area contributed by atoms with Gasteiger partial charge >= 0.3 is 0 Å². The van der Waals surface area contributed by atoms with Crippen molar-refractivity contribution in [1.82, 2.24) is 0 Å². The Balaban J connectivity index is -0.0000000208. The maximum Gasteiger partial charge on any atom is 0.0402 e. The lowest BCUT2D eigenvalue weighted by Crippen LogP contribution is -1.57. The fraction of sp³-hybridized carbons (Fsp3) is 1.00. The highest BCUT2D eigenvalue weighted by Crippen LogP contribution is 1.30. The van der Waals surface area contributed by atoms with Crippen LogP contribution in [0.4, 0.5) is 0 Å². The van der Waals surface area contributed by atoms with E-state index in [-0.39, 0.29) is 19.8 Å². The lowest BCUT2D eigenvalue weighted by Gasteiger charge is -1.52. The van der Waals surface area contributed by atoms with Crippen LogP contribution in [-0.4, -0.2) is 59.6 Å². The number of aliphatic hydroxyl groups excluding tert-OH is 5. The van der Waals surface area contributed by atoms with Crippen molar-refractivity contribution in [3.05, 3.63) is 0 Å². The zero-order valence-electron chi connectivity index (χ0n) is 9.36. The average molecular weight is 202 g/mol. The van der Waals surface area contributed by atoms with Crippen LogP contribution in [0.1, 0.15) is 20.8 Å². The van der Waals surface area contributed by atoms with Crippen molar-refractivity contribution in [3.8, 4) is 0 Å². The zero-order valence-corrected chi connectivity index (χ0v) is 9.36. The van der Waals surface area contributed by atoms with Gasteiger partial charge in [0.2, 0.25) is 0 Å². The topological polar surface area (TPSA) is 101 Å². The minimum absolute atomic E-state index is 0.250. The van der Waals surface area contributed by atoms with Gasteiger partial charge in [-0.1, -0.05) is 0 Å². The molecular formula is C8H26O5. The molecule has 0 aliphatic heterocycles. The van der Waals surface area contributed by atoms with Crippen molar-refractivity contribution in [2.75, 3.05) is 34.0 Å². The summed E-state index contributed by atoms with van der Waals surface area (Å²) >= 11 is 0. The minimum Gasteiger partial charge on any atom is -0.400 e. The monoisotopic (exact) mass is 202 g/mol. The van der Waals surface area contributed by atoms with E-state index >= 15 is 0 Å². The van der Waals surface area contributed by atoms with Gasteiger partial charge in [0, 0.05) is 34.0 Å². The predicted molar refractivity (Wildman–Crippen MR) is 54.6 cm³/mol. The van der Waals surface area contributed by atoms with E-state index in [9.17, 15) is 0 Å². The molecule has 0 spiro atoms. The summed E-state index contributed by atoms with van der Waals surface area (Å²) < 4.78 is 0. The lowest BCUT2D eigenvalue weighted by molar-refractivity contribution is 0.318. The average Bonchev–Trinajstić information content (AvgIpc) is 2.14. The quantitative estimate of drug-likeness (QED) is 0.354. The molecule has 0 aliphatic rings. The van der Waals surface area contributed by atoms with Crippen molar-refractivity contribution in [1.29, 1.82) is 0 Å². The second-order valence-electron chi connectivity index (χ2n) is 0.949. The van der Waals surface area contributed by atoms with Gasteiger partial charge in [-0.15, -0.1) is 0 Å². The Labute approximate surface area is 81.3 Å². The molecule has 0 saturated heterocycles. The summed E-state index contributed by atoms with van der Waals surface area (Å²) in [5, 5.41) is 36.7. The maximum absolute atomic E-state index is 7.57. The van der Waals surface area contributed by atoms with E-state index in [1.165, 1.54) is 0 Å². The Hall–Kier alpha value is -0.200. The van der Waals surface area contributed by atoms with Gasteiger partial charge in [0.05, 0.1) is 0 Å². The van der Waals surface area contributed by atoms with E-state index in [1.807, 2.05) is 0 Å². The van der Waals surface area contributed by atoms with Crippen LogP contribution in [0.3, 0.4) is 0 Å². The van der Waals surface area contributed by atoms with Gasteiger partial charge in [0.25, 0.3) is 0 Å². The van der Waals surface area contributed by atoms with Gasteiger partial charge in [0.15, 0.2) is 0 Å². The zero-order chi connectivity index (χ0) is 12.1. The molecule has 0 radical (unpaired) electrons. The fourth-order valence-electron chi connectivity index (χ4n) is 0. The highest BCUT2D eigenvalue weighted by molar-refractivity contribution is 3.84. The Morgan fingerprint density at radius 1 is 0.538 bits per heavy atom. The molecular weight excluding hydrogens is 176 g/mol. The normalized spacial score (nSPS) is 5.08. The molecule has 0 aromatic carbocycles. The molecule has 0 amide bonds. The molecule has 0 heterocycles. The molecule has 5 N–H and O–H groups in total. The van der Waals surface area contributed by atoms with Crippen molar-refractivity contribution in [2.45, 2.75) is 20.8 Å². The highest BCUT2D eigenvalue weighted by atomic mass is 16.3. The van der Waals surface area contributed by atoms with Gasteiger partial charge in [-0.25, -0.2) is 0 Å². The molecule has 5 nitrogen and oxygen atoms in total. The molecule has 0 unspecified atom stereocenters. The fourth-order valence-corrected chi connectivity index (χ4v) is 0. The molecule has 0 saturated carbocycles. The van der Waals surface area contributed by atoms with E-state index in [1.54, 1.807) is 20.8 Å². The van der Waals surface area contributed by atoms with Crippen molar-refractivity contribution in [2.24, 2.45) is 0 Å². The van der Waals surface area contributed by atoms with Gasteiger partial charge in [-0.3, -0.25) is 0 Å². The molecule has 5 heteroatoms. The lowest BCUT2D eigenvalue weighted by atomic mass is 10.9. The molecule has 0 rings (SSSR count). The molecule has 0 fully saturated rings. The molecule has 0 aromatic heterocycles. The Morgan fingerprint density at radius 2 is 0.538 bits per heavy atom. The van der Waals surface area contributed by atoms with Crippen molar-refractivity contribution >= 4 is 0 Å². The SMILES string of the molecule is CCO.CCO.CCO.CO.CO. The van der Waals surface area contributed by atoms with Gasteiger partial charge < -0.3 is 25.5 Å². The third-order valence-electron chi connectivity index (χ3n) is 0. The third-order valence-corrected chi connectivity index (χ3v) is 0. The first-order chi connectivity index (χ1) is 6.24. The van der Waals surface area contributed by atoms with Crippen LogP contribution in [0.25, 0.3) is 0 Å². The summed E-state index contributed by atoms with van der Waals surface area (Å²) in [6, 6.07) is 0. The van der Waals surface area contributed by atoms with Crippen LogP contribution in [0.2, 0.25) is 0 Å². The molecule has 88 valence electrons. The summed E-state index contributed by atoms with van der Waals surface area (Å²) in [6.45, 7) is 5.79. The van der Waals surface area contributed by atoms with E-state index < -0.39 is 0 Å². The second-order valence-corrected chi connectivity index (χ2v) is 0.949. The highest BCUT2D eigenvalue weighted by Gasteiger charge is 1.35. The first-order valence-electron chi connectivity index (χ1n) is 3.96. The third kappa shape index (κ3) is 28300. The van der Waals surface area contributed by atoms with Crippen LogP contribution in [0, 0.1) is 0 Å². The first-order valence-corrected chi connectivity index (χ1v) is 3.96. The molecule has 0 bridgehead atoms. The summed E-state index contributed by atoms with van der Waals surface area (Å²) in [6.07, 6.45) is 0. The summed E-state index contributed by atoms with van der Waals surface area (Å²) in [5.74, 6) is 0. The van der Waals surface area contributed by atoms with E-state index in [2.05, 4.69) is 0 Å².